The third-order valence-corrected chi connectivity index (χ3v) is 4.79. The minimum atomic E-state index is -5.08. The minimum absolute atomic E-state index is 0.151. The summed E-state index contributed by atoms with van der Waals surface area (Å²) in [6.07, 6.45) is -3.73. The van der Waals surface area contributed by atoms with Crippen LogP contribution < -0.4 is 10.2 Å². The molecule has 0 saturated heterocycles. The number of carboxylic acid groups (broad SMARTS) is 2. The molecule has 0 aliphatic carbocycles. The molecule has 184 valence electrons. The Morgan fingerprint density at radius 3 is 2.24 bits per heavy atom. The lowest BCUT2D eigenvalue weighted by atomic mass is 10.0. The molecule has 2 aromatic rings. The Hall–Kier alpha value is -3.70. The number of nitrogens with zero attached hydrogens (tertiary/aromatic N) is 1. The first kappa shape index (κ1) is 26.6. The molecule has 2 aromatic carbocycles. The van der Waals surface area contributed by atoms with Crippen LogP contribution in [0.5, 0.6) is 0 Å². The van der Waals surface area contributed by atoms with E-state index < -0.39 is 41.7 Å². The van der Waals surface area contributed by atoms with Crippen LogP contribution in [0.1, 0.15) is 17.5 Å². The van der Waals surface area contributed by atoms with E-state index >= 15 is 0 Å². The highest BCUT2D eigenvalue weighted by Crippen LogP contribution is 2.30. The molecule has 1 aliphatic rings. The maximum absolute atomic E-state index is 14.2. The molecule has 0 fully saturated rings. The molecule has 0 spiro atoms. The Morgan fingerprint density at radius 2 is 1.68 bits per heavy atom. The molecule has 0 unspecified atom stereocenters. The number of nitrogens with one attached hydrogen (secondary N) is 1. The minimum Gasteiger partial charge on any atom is -0.480 e. The van der Waals surface area contributed by atoms with E-state index in [4.69, 9.17) is 9.90 Å². The molecule has 3 N–H and O–H groups in total. The summed E-state index contributed by atoms with van der Waals surface area (Å²) >= 11 is 0. The van der Waals surface area contributed by atoms with Crippen LogP contribution in [0.4, 0.5) is 27.6 Å². The fourth-order valence-corrected chi connectivity index (χ4v) is 3.36. The fourth-order valence-electron chi connectivity index (χ4n) is 3.36. The Balaban J connectivity index is 0.000000509. The summed E-state index contributed by atoms with van der Waals surface area (Å²) in [6, 6.07) is 9.97. The van der Waals surface area contributed by atoms with Crippen molar-refractivity contribution in [3.8, 4) is 0 Å². The monoisotopic (exact) mass is 488 g/mol. The van der Waals surface area contributed by atoms with Gasteiger partial charge >= 0.3 is 18.1 Å². The highest BCUT2D eigenvalue weighted by Gasteiger charge is 2.38. The van der Waals surface area contributed by atoms with Gasteiger partial charge in [0, 0.05) is 19.0 Å². The molecule has 7 nitrogen and oxygen atoms in total. The van der Waals surface area contributed by atoms with E-state index in [0.29, 0.717) is 24.9 Å². The average Bonchev–Trinajstić information content (AvgIpc) is 2.73. The Labute approximate surface area is 190 Å². The Kier molecular flexibility index (Phi) is 8.93. The van der Waals surface area contributed by atoms with Gasteiger partial charge in [-0.1, -0.05) is 30.3 Å². The molecule has 3 rings (SSSR count). The number of benzene rings is 2. The number of carbonyl (C=O) groups excluding carboxylic acids is 1. The van der Waals surface area contributed by atoms with Gasteiger partial charge in [-0.15, -0.1) is 0 Å². The van der Waals surface area contributed by atoms with E-state index in [-0.39, 0.29) is 18.7 Å². The molecule has 34 heavy (non-hydrogen) atoms. The lowest BCUT2D eigenvalue weighted by Gasteiger charge is -2.31. The van der Waals surface area contributed by atoms with Crippen molar-refractivity contribution in [1.82, 2.24) is 5.32 Å². The molecule has 1 amide bonds. The quantitative estimate of drug-likeness (QED) is 0.540. The first-order chi connectivity index (χ1) is 15.9. The summed E-state index contributed by atoms with van der Waals surface area (Å²) in [5.41, 5.74) is 1.52. The first-order valence-electron chi connectivity index (χ1n) is 9.97. The number of hydrogen-bond acceptors (Lipinski definition) is 4. The van der Waals surface area contributed by atoms with Gasteiger partial charge in [-0.2, -0.15) is 13.2 Å². The van der Waals surface area contributed by atoms with Crippen LogP contribution in [-0.4, -0.2) is 53.4 Å². The highest BCUT2D eigenvalue weighted by atomic mass is 19.4. The van der Waals surface area contributed by atoms with Gasteiger partial charge in [-0.3, -0.25) is 4.79 Å². The van der Waals surface area contributed by atoms with Gasteiger partial charge in [0.1, 0.15) is 17.7 Å². The molecule has 1 heterocycles. The molecule has 0 aromatic heterocycles. The van der Waals surface area contributed by atoms with Crippen molar-refractivity contribution in [2.45, 2.75) is 31.5 Å². The normalized spacial score (nSPS) is 13.7. The Bertz CT molecular complexity index is 1030. The second-order valence-electron chi connectivity index (χ2n) is 7.37. The molecule has 0 bridgehead atoms. The fraction of sp³-hybridized carbons (Fsp3) is 0.318. The number of carbonyl (C=O) groups is 3. The van der Waals surface area contributed by atoms with Crippen molar-refractivity contribution in [3.05, 3.63) is 65.2 Å². The van der Waals surface area contributed by atoms with Gasteiger partial charge < -0.3 is 20.4 Å². The number of carboxylic acids is 2. The number of fused-ring (bicyclic) bond motifs is 1. The molecular weight excluding hydrogens is 467 g/mol. The predicted octanol–water partition coefficient (Wildman–Crippen LogP) is 3.16. The van der Waals surface area contributed by atoms with E-state index in [1.165, 1.54) is 11.0 Å². The van der Waals surface area contributed by atoms with Crippen LogP contribution in [0.15, 0.2) is 42.5 Å². The maximum Gasteiger partial charge on any atom is 0.490 e. The molecule has 1 atom stereocenters. The molecule has 0 saturated carbocycles. The summed E-state index contributed by atoms with van der Waals surface area (Å²) in [4.78, 5) is 34.3. The second-order valence-corrected chi connectivity index (χ2v) is 7.37. The van der Waals surface area contributed by atoms with E-state index in [2.05, 4.69) is 5.32 Å². The number of alkyl halides is 3. The zero-order valence-corrected chi connectivity index (χ0v) is 17.6. The van der Waals surface area contributed by atoms with E-state index in [0.717, 1.165) is 11.6 Å². The van der Waals surface area contributed by atoms with E-state index in [1.54, 1.807) is 24.3 Å². The van der Waals surface area contributed by atoms with Gasteiger partial charge in [-0.05, 0) is 30.0 Å². The Morgan fingerprint density at radius 1 is 1.06 bits per heavy atom. The van der Waals surface area contributed by atoms with Crippen LogP contribution in [-0.2, 0) is 27.2 Å². The predicted molar refractivity (Wildman–Crippen MR) is 110 cm³/mol. The van der Waals surface area contributed by atoms with Crippen LogP contribution >= 0.6 is 0 Å². The third kappa shape index (κ3) is 7.71. The number of halogens is 5. The van der Waals surface area contributed by atoms with Gasteiger partial charge in [0.2, 0.25) is 5.91 Å². The van der Waals surface area contributed by atoms with Crippen molar-refractivity contribution in [2.24, 2.45) is 0 Å². The van der Waals surface area contributed by atoms with Crippen LogP contribution in [0.2, 0.25) is 0 Å². The first-order valence-corrected chi connectivity index (χ1v) is 9.97. The number of rotatable bonds is 6. The summed E-state index contributed by atoms with van der Waals surface area (Å²) in [7, 11) is 0. The van der Waals surface area contributed by atoms with Crippen molar-refractivity contribution in [1.29, 1.82) is 0 Å². The largest absolute Gasteiger partial charge is 0.490 e. The summed E-state index contributed by atoms with van der Waals surface area (Å²) in [6.45, 7) is 0.257. The van der Waals surface area contributed by atoms with Crippen LogP contribution in [0.3, 0.4) is 0 Å². The molecular formula is C22H21F5N2O5. The number of anilines is 1. The average molecular weight is 488 g/mol. The highest BCUT2D eigenvalue weighted by molar-refractivity contribution is 5.87. The van der Waals surface area contributed by atoms with Crippen LogP contribution in [0.25, 0.3) is 0 Å². The SMILES string of the molecule is O=C(CN1CCCc2cc(F)cc(F)c21)N[C@H](Cc1ccccc1)C(=O)O.O=C(O)C(F)(F)F. The summed E-state index contributed by atoms with van der Waals surface area (Å²) in [5.74, 6) is -5.77. The summed E-state index contributed by atoms with van der Waals surface area (Å²) < 4.78 is 59.3. The number of aliphatic carboxylic acids is 2. The van der Waals surface area contributed by atoms with Crippen molar-refractivity contribution in [3.63, 3.8) is 0 Å². The lowest BCUT2D eigenvalue weighted by Crippen LogP contribution is -2.47. The van der Waals surface area contributed by atoms with Gasteiger partial charge in [0.25, 0.3) is 0 Å². The van der Waals surface area contributed by atoms with Gasteiger partial charge in [-0.25, -0.2) is 18.4 Å². The second kappa shape index (κ2) is 11.4. The van der Waals surface area contributed by atoms with Gasteiger partial charge in [0.15, 0.2) is 0 Å². The van der Waals surface area contributed by atoms with Crippen molar-refractivity contribution < 1.29 is 46.5 Å². The third-order valence-electron chi connectivity index (χ3n) is 4.79. The van der Waals surface area contributed by atoms with E-state index in [1.807, 2.05) is 6.07 Å². The standard InChI is InChI=1S/C20H20F2N2O3.C2HF3O2/c21-15-10-14-7-4-8-24(19(14)16(22)11-15)12-18(25)23-17(20(26)27)9-13-5-2-1-3-6-13;3-2(4,5)1(6)7/h1-3,5-6,10-11,17H,4,7-9,12H2,(H,23,25)(H,26,27);(H,6,7)/t17-;/m1./s1. The zero-order chi connectivity index (χ0) is 25.5. The smallest absolute Gasteiger partial charge is 0.480 e. The van der Waals surface area contributed by atoms with Crippen LogP contribution in [0, 0.1) is 11.6 Å². The number of amides is 1. The number of aryl methyl sites for hydroxylation is 1. The number of hydrogen-bond donors (Lipinski definition) is 3. The topological polar surface area (TPSA) is 107 Å². The zero-order valence-electron chi connectivity index (χ0n) is 17.6. The summed E-state index contributed by atoms with van der Waals surface area (Å²) in [5, 5.41) is 19.0. The van der Waals surface area contributed by atoms with Crippen molar-refractivity contribution >= 4 is 23.5 Å². The lowest BCUT2D eigenvalue weighted by molar-refractivity contribution is -0.192. The maximum atomic E-state index is 14.2. The van der Waals surface area contributed by atoms with E-state index in [9.17, 15) is 36.6 Å². The van der Waals surface area contributed by atoms with Crippen molar-refractivity contribution in [2.75, 3.05) is 18.0 Å². The van der Waals surface area contributed by atoms with Gasteiger partial charge in [0.05, 0.1) is 12.2 Å². The molecule has 1 aliphatic heterocycles. The molecule has 12 heteroatoms. The molecule has 0 radical (unpaired) electrons.